The van der Waals surface area contributed by atoms with E-state index >= 15 is 0 Å². The number of fused-ring (bicyclic) bond motifs is 4. The lowest BCUT2D eigenvalue weighted by molar-refractivity contribution is 0.0874. The molecule has 5 nitrogen and oxygen atoms in total. The zero-order chi connectivity index (χ0) is 16.9. The maximum atomic E-state index is 12.6. The van der Waals surface area contributed by atoms with E-state index in [0.717, 1.165) is 38.3 Å². The molecule has 0 aliphatic carbocycles. The summed E-state index contributed by atoms with van der Waals surface area (Å²) in [5.74, 6) is 0.571. The number of halogens is 1. The molecule has 3 saturated heterocycles. The van der Waals surface area contributed by atoms with Crippen molar-refractivity contribution in [2.45, 2.75) is 25.4 Å². The Labute approximate surface area is 148 Å². The SMILES string of the molecule is COCCN1C[C@@H]2CC[C@H]1CN(C(=O)NCc1ccc(Cl)cc1)C2. The van der Waals surface area contributed by atoms with Gasteiger partial charge in [-0.2, -0.15) is 0 Å². The molecule has 3 heterocycles. The first kappa shape index (κ1) is 17.5. The molecule has 2 bridgehead atoms. The summed E-state index contributed by atoms with van der Waals surface area (Å²) in [5, 5.41) is 3.76. The highest BCUT2D eigenvalue weighted by Crippen LogP contribution is 2.27. The zero-order valence-electron chi connectivity index (χ0n) is 14.2. The van der Waals surface area contributed by atoms with Crippen LogP contribution in [0.1, 0.15) is 18.4 Å². The highest BCUT2D eigenvalue weighted by molar-refractivity contribution is 6.30. The highest BCUT2D eigenvalue weighted by Gasteiger charge is 2.36. The average molecular weight is 352 g/mol. The minimum absolute atomic E-state index is 0.0374. The van der Waals surface area contributed by atoms with E-state index in [-0.39, 0.29) is 6.03 Å². The Hall–Kier alpha value is -1.30. The van der Waals surface area contributed by atoms with E-state index in [9.17, 15) is 4.79 Å². The first-order valence-corrected chi connectivity index (χ1v) is 9.03. The first-order valence-electron chi connectivity index (χ1n) is 8.66. The van der Waals surface area contributed by atoms with Gasteiger partial charge in [0.05, 0.1) is 6.61 Å². The van der Waals surface area contributed by atoms with Gasteiger partial charge in [0.2, 0.25) is 0 Å². The molecule has 0 radical (unpaired) electrons. The smallest absolute Gasteiger partial charge is 0.317 e. The van der Waals surface area contributed by atoms with Crippen LogP contribution in [0.2, 0.25) is 5.02 Å². The van der Waals surface area contributed by atoms with Crippen LogP contribution in [0.5, 0.6) is 0 Å². The molecule has 3 aliphatic rings. The molecule has 1 N–H and O–H groups in total. The fraction of sp³-hybridized carbons (Fsp3) is 0.611. The minimum Gasteiger partial charge on any atom is -0.383 e. The van der Waals surface area contributed by atoms with Gasteiger partial charge in [-0.15, -0.1) is 0 Å². The van der Waals surface area contributed by atoms with Crippen molar-refractivity contribution in [2.75, 3.05) is 39.9 Å². The van der Waals surface area contributed by atoms with Gasteiger partial charge in [0.25, 0.3) is 0 Å². The Morgan fingerprint density at radius 1 is 1.25 bits per heavy atom. The summed E-state index contributed by atoms with van der Waals surface area (Å²) in [5.41, 5.74) is 1.06. The van der Waals surface area contributed by atoms with Crippen LogP contribution in [0.15, 0.2) is 24.3 Å². The number of amides is 2. The topological polar surface area (TPSA) is 44.8 Å². The van der Waals surface area contributed by atoms with Crippen molar-refractivity contribution in [3.8, 4) is 0 Å². The van der Waals surface area contributed by atoms with Crippen molar-refractivity contribution in [3.05, 3.63) is 34.9 Å². The normalized spacial score (nSPS) is 24.0. The van der Waals surface area contributed by atoms with Crippen molar-refractivity contribution >= 4 is 17.6 Å². The zero-order valence-corrected chi connectivity index (χ0v) is 15.0. The van der Waals surface area contributed by atoms with Crippen LogP contribution in [0.4, 0.5) is 4.79 Å². The van der Waals surface area contributed by atoms with Gasteiger partial charge in [-0.3, -0.25) is 4.90 Å². The summed E-state index contributed by atoms with van der Waals surface area (Å²) in [6.45, 7) is 4.99. The number of hydrogen-bond acceptors (Lipinski definition) is 3. The maximum absolute atomic E-state index is 12.6. The van der Waals surface area contributed by atoms with E-state index < -0.39 is 0 Å². The van der Waals surface area contributed by atoms with Gasteiger partial charge >= 0.3 is 6.03 Å². The second-order valence-electron chi connectivity index (χ2n) is 6.78. The van der Waals surface area contributed by atoms with Gasteiger partial charge in [0, 0.05) is 50.9 Å². The first-order chi connectivity index (χ1) is 11.7. The van der Waals surface area contributed by atoms with Gasteiger partial charge in [-0.1, -0.05) is 23.7 Å². The van der Waals surface area contributed by atoms with Gasteiger partial charge in [-0.05, 0) is 36.5 Å². The Bertz CT molecular complexity index is 552. The van der Waals surface area contributed by atoms with Crippen LogP contribution in [-0.2, 0) is 11.3 Å². The quantitative estimate of drug-likeness (QED) is 0.886. The van der Waals surface area contributed by atoms with Crippen molar-refractivity contribution in [2.24, 2.45) is 5.92 Å². The third-order valence-electron chi connectivity index (χ3n) is 5.05. The van der Waals surface area contributed by atoms with Crippen LogP contribution in [-0.4, -0.2) is 61.8 Å². The molecule has 132 valence electrons. The van der Waals surface area contributed by atoms with Gasteiger partial charge in [-0.25, -0.2) is 4.79 Å². The molecule has 6 heteroatoms. The molecule has 1 aromatic carbocycles. The molecular weight excluding hydrogens is 326 g/mol. The number of piperidine rings is 1. The van der Waals surface area contributed by atoms with Gasteiger partial charge in [0.1, 0.15) is 0 Å². The number of nitrogens with one attached hydrogen (secondary N) is 1. The number of carbonyl (C=O) groups is 1. The van der Waals surface area contributed by atoms with E-state index in [0.29, 0.717) is 23.5 Å². The molecule has 0 saturated carbocycles. The summed E-state index contributed by atoms with van der Waals surface area (Å²) in [6, 6.07) is 8.09. The molecule has 24 heavy (non-hydrogen) atoms. The number of ether oxygens (including phenoxy) is 1. The molecule has 0 unspecified atom stereocenters. The van der Waals surface area contributed by atoms with Crippen molar-refractivity contribution in [1.82, 2.24) is 15.1 Å². The maximum Gasteiger partial charge on any atom is 0.317 e. The summed E-state index contributed by atoms with van der Waals surface area (Å²) < 4.78 is 5.22. The number of nitrogens with zero attached hydrogens (tertiary/aromatic N) is 2. The second-order valence-corrected chi connectivity index (χ2v) is 7.21. The molecule has 0 aromatic heterocycles. The number of benzene rings is 1. The monoisotopic (exact) mass is 351 g/mol. The lowest BCUT2D eigenvalue weighted by atomic mass is 9.95. The van der Waals surface area contributed by atoms with E-state index in [2.05, 4.69) is 10.2 Å². The molecular formula is C18H26ClN3O2. The number of carbonyl (C=O) groups excluding carboxylic acids is 1. The van der Waals surface area contributed by atoms with Crippen molar-refractivity contribution < 1.29 is 9.53 Å². The molecule has 1 aromatic rings. The van der Waals surface area contributed by atoms with Crippen molar-refractivity contribution in [3.63, 3.8) is 0 Å². The largest absolute Gasteiger partial charge is 0.383 e. The number of methoxy groups -OCH3 is 1. The van der Waals surface area contributed by atoms with E-state index in [4.69, 9.17) is 16.3 Å². The van der Waals surface area contributed by atoms with E-state index in [1.165, 1.54) is 12.8 Å². The lowest BCUT2D eigenvalue weighted by Crippen LogP contribution is -2.47. The lowest BCUT2D eigenvalue weighted by Gasteiger charge is -2.35. The summed E-state index contributed by atoms with van der Waals surface area (Å²) in [7, 11) is 1.74. The Morgan fingerprint density at radius 2 is 2.04 bits per heavy atom. The van der Waals surface area contributed by atoms with Crippen LogP contribution in [0, 0.1) is 5.92 Å². The summed E-state index contributed by atoms with van der Waals surface area (Å²) in [6.07, 6.45) is 2.39. The minimum atomic E-state index is 0.0374. The fourth-order valence-corrected chi connectivity index (χ4v) is 3.85. The Kier molecular flexibility index (Phi) is 5.98. The standard InChI is InChI=1S/C18H26ClN3O2/c1-24-9-8-21-11-15-4-7-17(21)13-22(12-15)18(23)20-10-14-2-5-16(19)6-3-14/h2-3,5-6,15,17H,4,7-13H2,1H3,(H,20,23)/t15-,17-/m0/s1. The number of rotatable bonds is 5. The van der Waals surface area contributed by atoms with Crippen LogP contribution >= 0.6 is 11.6 Å². The summed E-state index contributed by atoms with van der Waals surface area (Å²) in [4.78, 5) is 17.1. The number of hydrogen-bond donors (Lipinski definition) is 1. The Balaban J connectivity index is 1.54. The third-order valence-corrected chi connectivity index (χ3v) is 5.31. The van der Waals surface area contributed by atoms with Crippen LogP contribution in [0.25, 0.3) is 0 Å². The predicted molar refractivity (Wildman–Crippen MR) is 95.2 cm³/mol. The van der Waals surface area contributed by atoms with Gasteiger partial charge < -0.3 is 15.0 Å². The van der Waals surface area contributed by atoms with Crippen LogP contribution < -0.4 is 5.32 Å². The molecule has 4 rings (SSSR count). The number of urea groups is 1. The molecule has 0 spiro atoms. The summed E-state index contributed by atoms with van der Waals surface area (Å²) >= 11 is 5.89. The van der Waals surface area contributed by atoms with Crippen LogP contribution in [0.3, 0.4) is 0 Å². The highest BCUT2D eigenvalue weighted by atomic mass is 35.5. The Morgan fingerprint density at radius 3 is 2.79 bits per heavy atom. The predicted octanol–water partition coefficient (Wildman–Crippen LogP) is 2.59. The fourth-order valence-electron chi connectivity index (χ4n) is 3.72. The average Bonchev–Trinajstić information content (AvgIpc) is 2.91. The molecule has 2 atom stereocenters. The molecule has 3 fully saturated rings. The molecule has 2 amide bonds. The second kappa shape index (κ2) is 8.19. The van der Waals surface area contributed by atoms with E-state index in [1.807, 2.05) is 29.2 Å². The third kappa shape index (κ3) is 4.41. The van der Waals surface area contributed by atoms with Gasteiger partial charge in [0.15, 0.2) is 0 Å². The van der Waals surface area contributed by atoms with Crippen molar-refractivity contribution in [1.29, 1.82) is 0 Å². The molecule has 3 aliphatic heterocycles. The van der Waals surface area contributed by atoms with E-state index in [1.54, 1.807) is 7.11 Å².